The van der Waals surface area contributed by atoms with Gasteiger partial charge in [0.15, 0.2) is 0 Å². The normalized spacial score (nSPS) is 5.40. The van der Waals surface area contributed by atoms with Crippen LogP contribution in [0.3, 0.4) is 0 Å². The van der Waals surface area contributed by atoms with E-state index in [0.717, 1.165) is 0 Å². The standard InChI is InChI=1S/2BO3.Ga.Y/c2*2-1(3)4;;/q2*-3;2*+3. The third-order valence-corrected chi connectivity index (χ3v) is 0. The van der Waals surface area contributed by atoms with Crippen LogP contribution in [0.25, 0.3) is 0 Å². The average molecular weight is 276 g/mol. The Hall–Kier alpha value is 1.63. The SMILES string of the molecule is [Ga+3].[O-]B([O-])[O-].[O-]B([O-])[O-].[Y+3]. The maximum Gasteiger partial charge on any atom is 3.00 e. The van der Waals surface area contributed by atoms with Gasteiger partial charge in [0.25, 0.3) is 0 Å². The Labute approximate surface area is 96.6 Å². The summed E-state index contributed by atoms with van der Waals surface area (Å²) in [7, 11) is -5.83. The smallest absolute Gasteiger partial charge is 0.907 e. The molecule has 0 spiro atoms. The van der Waals surface area contributed by atoms with Crippen LogP contribution < -0.4 is 30.1 Å². The number of hydrogen-bond donors (Lipinski definition) is 0. The Kier molecular flexibility index (Phi) is 38.2. The van der Waals surface area contributed by atoms with Crippen molar-refractivity contribution in [3.05, 3.63) is 0 Å². The van der Waals surface area contributed by atoms with Crippen LogP contribution in [0.4, 0.5) is 0 Å². The van der Waals surface area contributed by atoms with Crippen LogP contribution in [-0.4, -0.2) is 34.4 Å². The van der Waals surface area contributed by atoms with E-state index >= 15 is 0 Å². The van der Waals surface area contributed by atoms with Crippen LogP contribution in [0.2, 0.25) is 0 Å². The van der Waals surface area contributed by atoms with Crippen LogP contribution in [0.15, 0.2) is 0 Å². The fourth-order valence-electron chi connectivity index (χ4n) is 0. The molecular weight excluding hydrogens is 276 g/mol. The second kappa shape index (κ2) is 16.9. The monoisotopic (exact) mass is 276 g/mol. The molecule has 48 valence electrons. The minimum Gasteiger partial charge on any atom is -0.907 e. The predicted molar refractivity (Wildman–Crippen MR) is 17.3 cm³/mol. The molecule has 6 nitrogen and oxygen atoms in total. The molecule has 0 atom stereocenters. The molecule has 0 radical (unpaired) electrons. The Balaban J connectivity index is -0.0000000300. The molecule has 0 aliphatic rings. The molecule has 0 saturated carbocycles. The Morgan fingerprint density at radius 3 is 0.600 bits per heavy atom. The van der Waals surface area contributed by atoms with Gasteiger partial charge in [-0.1, -0.05) is 0 Å². The summed E-state index contributed by atoms with van der Waals surface area (Å²) in [6.45, 7) is 0. The summed E-state index contributed by atoms with van der Waals surface area (Å²) in [5, 5.41) is 50.5. The van der Waals surface area contributed by atoms with Gasteiger partial charge < -0.3 is 30.1 Å². The third kappa shape index (κ3) is 270. The number of hydrogen-bond acceptors (Lipinski definition) is 6. The van der Waals surface area contributed by atoms with Gasteiger partial charge in [-0.05, 0) is 0 Å². The van der Waals surface area contributed by atoms with E-state index in [-0.39, 0.29) is 52.5 Å². The van der Waals surface area contributed by atoms with E-state index in [1.54, 1.807) is 0 Å². The first-order valence-electron chi connectivity index (χ1n) is 1.41. The molecule has 0 aromatic carbocycles. The van der Waals surface area contributed by atoms with Gasteiger partial charge in [0.2, 0.25) is 0 Å². The van der Waals surface area contributed by atoms with Crippen LogP contribution in [0.1, 0.15) is 0 Å². The summed E-state index contributed by atoms with van der Waals surface area (Å²) in [6, 6.07) is 0. The fraction of sp³-hybridized carbons (Fsp3) is 0. The van der Waals surface area contributed by atoms with Gasteiger partial charge in [-0.25, -0.2) is 0 Å². The van der Waals surface area contributed by atoms with Gasteiger partial charge in [0.05, 0.1) is 0 Å². The van der Waals surface area contributed by atoms with Crippen molar-refractivity contribution in [2.75, 3.05) is 0 Å². The molecule has 0 aromatic heterocycles. The first-order valence-corrected chi connectivity index (χ1v) is 1.41. The van der Waals surface area contributed by atoms with Gasteiger partial charge in [-0.2, -0.15) is 0 Å². The molecule has 0 bridgehead atoms. The summed E-state index contributed by atoms with van der Waals surface area (Å²) in [6.07, 6.45) is 0. The first kappa shape index (κ1) is 22.6. The molecular formula is B2GaO6Y. The molecule has 10 heavy (non-hydrogen) atoms. The van der Waals surface area contributed by atoms with Gasteiger partial charge >= 0.3 is 52.5 Å². The molecule has 0 fully saturated rings. The molecule has 0 N–H and O–H groups in total. The number of rotatable bonds is 0. The molecule has 0 aliphatic heterocycles. The van der Waals surface area contributed by atoms with E-state index in [0.29, 0.717) is 0 Å². The van der Waals surface area contributed by atoms with Crippen LogP contribution in [0.5, 0.6) is 0 Å². The van der Waals surface area contributed by atoms with Crippen molar-refractivity contribution in [3.8, 4) is 0 Å². The van der Waals surface area contributed by atoms with Gasteiger partial charge in [-0.15, -0.1) is 0 Å². The summed E-state index contributed by atoms with van der Waals surface area (Å²) in [5.41, 5.74) is 0. The summed E-state index contributed by atoms with van der Waals surface area (Å²) >= 11 is 0. The largest absolute Gasteiger partial charge is 3.00 e. The van der Waals surface area contributed by atoms with Crippen molar-refractivity contribution in [1.29, 1.82) is 0 Å². The fourth-order valence-corrected chi connectivity index (χ4v) is 0. The second-order valence-electron chi connectivity index (χ2n) is 0.577. The Morgan fingerprint density at radius 2 is 0.600 bits per heavy atom. The van der Waals surface area contributed by atoms with E-state index in [1.165, 1.54) is 0 Å². The van der Waals surface area contributed by atoms with E-state index in [9.17, 15) is 0 Å². The van der Waals surface area contributed by atoms with Crippen molar-refractivity contribution in [2.45, 2.75) is 0 Å². The molecule has 0 saturated heterocycles. The molecule has 0 heterocycles. The van der Waals surface area contributed by atoms with E-state index in [4.69, 9.17) is 30.1 Å². The minimum absolute atomic E-state index is 0. The maximum absolute atomic E-state index is 8.42. The average Bonchev–Trinajstić information content (AvgIpc) is 1.25. The molecule has 10 heteroatoms. The topological polar surface area (TPSA) is 138 Å². The van der Waals surface area contributed by atoms with Crippen molar-refractivity contribution in [2.24, 2.45) is 0 Å². The van der Waals surface area contributed by atoms with Crippen molar-refractivity contribution < 1.29 is 62.9 Å². The summed E-state index contributed by atoms with van der Waals surface area (Å²) in [5.74, 6) is 0. The van der Waals surface area contributed by atoms with Gasteiger partial charge in [0.1, 0.15) is 0 Å². The molecule has 0 unspecified atom stereocenters. The van der Waals surface area contributed by atoms with Gasteiger partial charge in [-0.3, -0.25) is 14.6 Å². The molecule has 0 aliphatic carbocycles. The van der Waals surface area contributed by atoms with Crippen molar-refractivity contribution in [3.63, 3.8) is 0 Å². The first-order chi connectivity index (χ1) is 3.46. The Bertz CT molecular complexity index is 31.2. The van der Waals surface area contributed by atoms with E-state index in [2.05, 4.69) is 0 Å². The van der Waals surface area contributed by atoms with E-state index < -0.39 is 14.6 Å². The summed E-state index contributed by atoms with van der Waals surface area (Å²) < 4.78 is 0. The van der Waals surface area contributed by atoms with Crippen LogP contribution in [-0.2, 0) is 32.7 Å². The molecule has 0 aromatic rings. The Morgan fingerprint density at radius 1 is 0.600 bits per heavy atom. The van der Waals surface area contributed by atoms with Crippen molar-refractivity contribution in [1.82, 2.24) is 0 Å². The maximum atomic E-state index is 8.42. The van der Waals surface area contributed by atoms with Crippen molar-refractivity contribution >= 4 is 34.4 Å². The second-order valence-corrected chi connectivity index (χ2v) is 0.577. The minimum atomic E-state index is -2.92. The van der Waals surface area contributed by atoms with Crippen LogP contribution >= 0.6 is 0 Å². The van der Waals surface area contributed by atoms with Crippen LogP contribution in [0, 0.1) is 0 Å². The molecule has 0 amide bonds. The third-order valence-electron chi connectivity index (χ3n) is 0. The zero-order valence-electron chi connectivity index (χ0n) is 4.76. The van der Waals surface area contributed by atoms with Gasteiger partial charge in [0, 0.05) is 0 Å². The summed E-state index contributed by atoms with van der Waals surface area (Å²) in [4.78, 5) is 0. The molecule has 0 rings (SSSR count). The quantitative estimate of drug-likeness (QED) is 0.403. The zero-order valence-corrected chi connectivity index (χ0v) is 10.0. The zero-order chi connectivity index (χ0) is 7.15. The predicted octanol–water partition coefficient (Wildman–Crippen LogP) is -8.28. The van der Waals surface area contributed by atoms with E-state index in [1.807, 2.05) is 0 Å².